The number of fused-ring (bicyclic) bond motifs is 1. The predicted octanol–water partition coefficient (Wildman–Crippen LogP) is 3.07. The molecular formula is C11H11ClF2N4. The lowest BCUT2D eigenvalue weighted by molar-refractivity contribution is -0.0388. The fourth-order valence-electron chi connectivity index (χ4n) is 2.37. The third-order valence-corrected chi connectivity index (χ3v) is 3.58. The van der Waals surface area contributed by atoms with Crippen molar-refractivity contribution in [2.75, 3.05) is 0 Å². The molecular weight excluding hydrogens is 262 g/mol. The summed E-state index contributed by atoms with van der Waals surface area (Å²) < 4.78 is 27.9. The first-order chi connectivity index (χ1) is 8.55. The first-order valence-corrected chi connectivity index (χ1v) is 6.17. The lowest BCUT2D eigenvalue weighted by Crippen LogP contribution is -2.24. The predicted molar refractivity (Wildman–Crippen MR) is 61.9 cm³/mol. The molecule has 2 heterocycles. The molecule has 7 heteroatoms. The topological polar surface area (TPSA) is 43.1 Å². The van der Waals surface area contributed by atoms with Gasteiger partial charge in [0.15, 0.2) is 5.65 Å². The van der Waals surface area contributed by atoms with Crippen LogP contribution in [0.15, 0.2) is 12.4 Å². The number of alkyl halides is 2. The summed E-state index contributed by atoms with van der Waals surface area (Å²) in [5, 5.41) is 8.41. The maximum absolute atomic E-state index is 13.1. The molecule has 1 saturated carbocycles. The number of hydrogen-bond donors (Lipinski definition) is 0. The fourth-order valence-corrected chi connectivity index (χ4v) is 2.51. The van der Waals surface area contributed by atoms with Crippen molar-refractivity contribution in [2.24, 2.45) is 0 Å². The second-order valence-corrected chi connectivity index (χ2v) is 5.02. The molecule has 1 fully saturated rings. The molecule has 0 radical (unpaired) electrons. The lowest BCUT2D eigenvalue weighted by atomic mass is 9.86. The summed E-state index contributed by atoms with van der Waals surface area (Å²) in [7, 11) is 0. The van der Waals surface area contributed by atoms with Crippen molar-refractivity contribution in [3.05, 3.63) is 23.4 Å². The summed E-state index contributed by atoms with van der Waals surface area (Å²) in [4.78, 5) is 3.96. The van der Waals surface area contributed by atoms with Crippen molar-refractivity contribution in [3.8, 4) is 0 Å². The molecule has 0 amide bonds. The van der Waals surface area contributed by atoms with E-state index in [-0.39, 0.29) is 18.8 Å². The van der Waals surface area contributed by atoms with Gasteiger partial charge in [-0.3, -0.25) is 4.40 Å². The van der Waals surface area contributed by atoms with E-state index in [2.05, 4.69) is 15.2 Å². The Bertz CT molecular complexity index is 573. The second-order valence-electron chi connectivity index (χ2n) is 4.63. The van der Waals surface area contributed by atoms with Gasteiger partial charge in [-0.25, -0.2) is 13.8 Å². The van der Waals surface area contributed by atoms with Crippen LogP contribution in [-0.4, -0.2) is 25.5 Å². The Kier molecular flexibility index (Phi) is 2.69. The van der Waals surface area contributed by atoms with Crippen molar-refractivity contribution in [3.63, 3.8) is 0 Å². The van der Waals surface area contributed by atoms with Crippen LogP contribution in [0.4, 0.5) is 8.78 Å². The summed E-state index contributed by atoms with van der Waals surface area (Å²) in [6, 6.07) is 1.61. The van der Waals surface area contributed by atoms with Crippen LogP contribution in [-0.2, 0) is 0 Å². The second kappa shape index (κ2) is 4.12. The Labute approximate surface area is 107 Å². The maximum Gasteiger partial charge on any atom is 0.248 e. The number of halogens is 3. The highest BCUT2D eigenvalue weighted by atomic mass is 35.5. The standard InChI is InChI=1S/C11H11ClF2N4/c12-8-5-9-16-17-10(18(9)6-15-8)7-1-3-11(13,14)4-2-7/h5-7H,1-4H2. The average molecular weight is 273 g/mol. The Balaban J connectivity index is 1.91. The molecule has 0 atom stereocenters. The van der Waals surface area contributed by atoms with Crippen LogP contribution < -0.4 is 0 Å². The van der Waals surface area contributed by atoms with Crippen LogP contribution in [0.5, 0.6) is 0 Å². The van der Waals surface area contributed by atoms with Crippen molar-refractivity contribution < 1.29 is 8.78 Å². The molecule has 1 aliphatic rings. The molecule has 96 valence electrons. The van der Waals surface area contributed by atoms with Gasteiger partial charge in [0.25, 0.3) is 0 Å². The Morgan fingerprint density at radius 2 is 2.00 bits per heavy atom. The third kappa shape index (κ3) is 2.05. The van der Waals surface area contributed by atoms with Crippen molar-refractivity contribution in [2.45, 2.75) is 37.5 Å². The van der Waals surface area contributed by atoms with E-state index in [0.717, 1.165) is 0 Å². The smallest absolute Gasteiger partial charge is 0.248 e. The van der Waals surface area contributed by atoms with E-state index < -0.39 is 5.92 Å². The third-order valence-electron chi connectivity index (χ3n) is 3.38. The molecule has 0 aromatic carbocycles. The zero-order valence-electron chi connectivity index (χ0n) is 9.48. The Hall–Kier alpha value is -1.30. The highest BCUT2D eigenvalue weighted by Gasteiger charge is 2.36. The van der Waals surface area contributed by atoms with Gasteiger partial charge in [0.1, 0.15) is 17.3 Å². The highest BCUT2D eigenvalue weighted by molar-refractivity contribution is 6.29. The minimum absolute atomic E-state index is 0.0163. The molecule has 0 aliphatic heterocycles. The van der Waals surface area contributed by atoms with E-state index in [4.69, 9.17) is 11.6 Å². The SMILES string of the molecule is FC1(F)CCC(c2nnc3cc(Cl)ncn23)CC1. The van der Waals surface area contributed by atoms with Crippen LogP contribution in [0.1, 0.15) is 37.4 Å². The molecule has 1 aliphatic carbocycles. The molecule has 4 nitrogen and oxygen atoms in total. The monoisotopic (exact) mass is 272 g/mol. The van der Waals surface area contributed by atoms with E-state index in [1.807, 2.05) is 0 Å². The van der Waals surface area contributed by atoms with Gasteiger partial charge in [0.2, 0.25) is 5.92 Å². The number of nitrogens with zero attached hydrogens (tertiary/aromatic N) is 4. The van der Waals surface area contributed by atoms with Gasteiger partial charge in [-0.15, -0.1) is 10.2 Å². The summed E-state index contributed by atoms with van der Waals surface area (Å²) in [5.41, 5.74) is 0.599. The molecule has 3 rings (SSSR count). The van der Waals surface area contributed by atoms with Gasteiger partial charge in [0.05, 0.1) is 0 Å². The largest absolute Gasteiger partial charge is 0.269 e. The number of rotatable bonds is 1. The van der Waals surface area contributed by atoms with Crippen LogP contribution in [0.25, 0.3) is 5.65 Å². The van der Waals surface area contributed by atoms with Gasteiger partial charge in [0, 0.05) is 24.8 Å². The first-order valence-electron chi connectivity index (χ1n) is 5.79. The molecule has 0 unspecified atom stereocenters. The van der Waals surface area contributed by atoms with Crippen molar-refractivity contribution in [1.29, 1.82) is 0 Å². The highest BCUT2D eigenvalue weighted by Crippen LogP contribution is 2.40. The first kappa shape index (κ1) is 11.8. The zero-order valence-corrected chi connectivity index (χ0v) is 10.2. The van der Waals surface area contributed by atoms with Gasteiger partial charge in [-0.05, 0) is 12.8 Å². The quantitative estimate of drug-likeness (QED) is 0.749. The average Bonchev–Trinajstić information content (AvgIpc) is 2.72. The van der Waals surface area contributed by atoms with Gasteiger partial charge < -0.3 is 0 Å². The lowest BCUT2D eigenvalue weighted by Gasteiger charge is -2.26. The van der Waals surface area contributed by atoms with Crippen LogP contribution in [0, 0.1) is 0 Å². The fraction of sp³-hybridized carbons (Fsp3) is 0.545. The van der Waals surface area contributed by atoms with E-state index in [0.29, 0.717) is 29.5 Å². The molecule has 2 aromatic heterocycles. The molecule has 0 bridgehead atoms. The molecule has 2 aromatic rings. The van der Waals surface area contributed by atoms with E-state index in [1.165, 1.54) is 0 Å². The Morgan fingerprint density at radius 3 is 2.72 bits per heavy atom. The van der Waals surface area contributed by atoms with Crippen LogP contribution >= 0.6 is 11.6 Å². The maximum atomic E-state index is 13.1. The van der Waals surface area contributed by atoms with E-state index in [9.17, 15) is 8.78 Å². The summed E-state index contributed by atoms with van der Waals surface area (Å²) in [6.07, 6.45) is 2.22. The number of aromatic nitrogens is 4. The van der Waals surface area contributed by atoms with Gasteiger partial charge >= 0.3 is 0 Å². The normalized spacial score (nSPS) is 20.4. The minimum Gasteiger partial charge on any atom is -0.269 e. The van der Waals surface area contributed by atoms with Crippen molar-refractivity contribution >= 4 is 17.2 Å². The zero-order chi connectivity index (χ0) is 12.8. The van der Waals surface area contributed by atoms with E-state index >= 15 is 0 Å². The minimum atomic E-state index is -2.53. The van der Waals surface area contributed by atoms with Gasteiger partial charge in [-0.2, -0.15) is 0 Å². The molecule has 0 saturated heterocycles. The molecule has 18 heavy (non-hydrogen) atoms. The number of hydrogen-bond acceptors (Lipinski definition) is 3. The van der Waals surface area contributed by atoms with Gasteiger partial charge in [-0.1, -0.05) is 11.6 Å². The molecule has 0 spiro atoms. The van der Waals surface area contributed by atoms with E-state index in [1.54, 1.807) is 16.8 Å². The summed E-state index contributed by atoms with van der Waals surface area (Å²) in [5.74, 6) is -1.81. The van der Waals surface area contributed by atoms with Crippen molar-refractivity contribution in [1.82, 2.24) is 19.6 Å². The van der Waals surface area contributed by atoms with Crippen LogP contribution in [0.3, 0.4) is 0 Å². The Morgan fingerprint density at radius 1 is 1.28 bits per heavy atom. The summed E-state index contributed by atoms with van der Waals surface area (Å²) in [6.45, 7) is 0. The summed E-state index contributed by atoms with van der Waals surface area (Å²) >= 11 is 5.76. The van der Waals surface area contributed by atoms with Crippen LogP contribution in [0.2, 0.25) is 5.15 Å². The molecule has 0 N–H and O–H groups in total.